The lowest BCUT2D eigenvalue weighted by Gasteiger charge is -2.08. The van der Waals surface area contributed by atoms with E-state index in [-0.39, 0.29) is 6.10 Å². The Bertz CT molecular complexity index is 207. The Morgan fingerprint density at radius 3 is 3.08 bits per heavy atom. The second kappa shape index (κ2) is 3.06. The molecule has 0 aromatic heterocycles. The third kappa shape index (κ3) is 1.22. The summed E-state index contributed by atoms with van der Waals surface area (Å²) in [4.78, 5) is 0. The Kier molecular flexibility index (Phi) is 2.05. The Morgan fingerprint density at radius 2 is 2.50 bits per heavy atom. The van der Waals surface area contributed by atoms with Gasteiger partial charge in [0.25, 0.3) is 0 Å². The van der Waals surface area contributed by atoms with Crippen LogP contribution in [-0.4, -0.2) is 11.2 Å². The fourth-order valence-corrected chi connectivity index (χ4v) is 2.43. The van der Waals surface area contributed by atoms with Crippen LogP contribution < -0.4 is 0 Å². The highest BCUT2D eigenvalue weighted by molar-refractivity contribution is 5.18. The summed E-state index contributed by atoms with van der Waals surface area (Å²) in [7, 11) is 0. The molecule has 1 saturated carbocycles. The zero-order valence-electron chi connectivity index (χ0n) is 7.32. The molecule has 1 heteroatoms. The zero-order chi connectivity index (χ0) is 8.55. The largest absolute Gasteiger partial charge is 0.393 e. The molecule has 4 atom stereocenters. The molecule has 0 aromatic rings. The third-order valence-electron chi connectivity index (χ3n) is 3.17. The van der Waals surface area contributed by atoms with E-state index in [0.717, 1.165) is 18.8 Å². The molecule has 0 heterocycles. The van der Waals surface area contributed by atoms with E-state index in [1.807, 2.05) is 6.08 Å². The van der Waals surface area contributed by atoms with Gasteiger partial charge in [0.15, 0.2) is 0 Å². The summed E-state index contributed by atoms with van der Waals surface area (Å²) < 4.78 is 0. The SMILES string of the molecule is C=CCCC(O)[C@H]1[C@H]2C=CC[C@H]21. The number of aliphatic hydroxyl groups is 1. The minimum absolute atomic E-state index is 0.0806. The first-order valence-electron chi connectivity index (χ1n) is 4.80. The van der Waals surface area contributed by atoms with Crippen molar-refractivity contribution in [1.82, 2.24) is 0 Å². The van der Waals surface area contributed by atoms with E-state index < -0.39 is 0 Å². The van der Waals surface area contributed by atoms with Gasteiger partial charge in [-0.1, -0.05) is 18.2 Å². The molecule has 0 bridgehead atoms. The molecule has 0 spiro atoms. The van der Waals surface area contributed by atoms with Gasteiger partial charge < -0.3 is 5.11 Å². The van der Waals surface area contributed by atoms with Crippen molar-refractivity contribution in [3.63, 3.8) is 0 Å². The smallest absolute Gasteiger partial charge is 0.0580 e. The Labute approximate surface area is 73.8 Å². The second-order valence-electron chi connectivity index (χ2n) is 3.92. The van der Waals surface area contributed by atoms with Crippen LogP contribution >= 0.6 is 0 Å². The first-order valence-corrected chi connectivity index (χ1v) is 4.80. The van der Waals surface area contributed by atoms with Crippen molar-refractivity contribution >= 4 is 0 Å². The lowest BCUT2D eigenvalue weighted by molar-refractivity contribution is 0.133. The summed E-state index contributed by atoms with van der Waals surface area (Å²) in [6.45, 7) is 3.66. The van der Waals surface area contributed by atoms with Crippen LogP contribution in [-0.2, 0) is 0 Å². The van der Waals surface area contributed by atoms with E-state index in [2.05, 4.69) is 18.7 Å². The monoisotopic (exact) mass is 164 g/mol. The van der Waals surface area contributed by atoms with Crippen LogP contribution in [0.15, 0.2) is 24.8 Å². The summed E-state index contributed by atoms with van der Waals surface area (Å²) in [6, 6.07) is 0. The highest BCUT2D eigenvalue weighted by Gasteiger charge is 2.53. The second-order valence-corrected chi connectivity index (χ2v) is 3.92. The fraction of sp³-hybridized carbons (Fsp3) is 0.636. The molecule has 66 valence electrons. The third-order valence-corrected chi connectivity index (χ3v) is 3.17. The lowest BCUT2D eigenvalue weighted by Crippen LogP contribution is -2.11. The summed E-state index contributed by atoms with van der Waals surface area (Å²) in [6.07, 6.45) is 9.36. The molecule has 0 radical (unpaired) electrons. The maximum absolute atomic E-state index is 9.74. The van der Waals surface area contributed by atoms with Gasteiger partial charge in [-0.05, 0) is 37.0 Å². The molecule has 0 amide bonds. The number of hydrogen-bond donors (Lipinski definition) is 1. The molecular weight excluding hydrogens is 148 g/mol. The predicted molar refractivity (Wildman–Crippen MR) is 49.7 cm³/mol. The first kappa shape index (κ1) is 8.06. The first-order chi connectivity index (χ1) is 5.84. The number of rotatable bonds is 4. The van der Waals surface area contributed by atoms with Crippen LogP contribution in [0.4, 0.5) is 0 Å². The van der Waals surface area contributed by atoms with Crippen molar-refractivity contribution in [2.24, 2.45) is 17.8 Å². The van der Waals surface area contributed by atoms with Gasteiger partial charge >= 0.3 is 0 Å². The lowest BCUT2D eigenvalue weighted by atomic mass is 10.1. The van der Waals surface area contributed by atoms with Crippen LogP contribution in [0.5, 0.6) is 0 Å². The van der Waals surface area contributed by atoms with Gasteiger partial charge in [-0.15, -0.1) is 6.58 Å². The van der Waals surface area contributed by atoms with E-state index in [4.69, 9.17) is 0 Å². The van der Waals surface area contributed by atoms with E-state index in [1.54, 1.807) is 0 Å². The molecule has 2 aliphatic carbocycles. The molecule has 0 aliphatic heterocycles. The number of aliphatic hydroxyl groups excluding tert-OH is 1. The van der Waals surface area contributed by atoms with Crippen molar-refractivity contribution < 1.29 is 5.11 Å². The molecule has 0 saturated heterocycles. The minimum Gasteiger partial charge on any atom is -0.393 e. The van der Waals surface area contributed by atoms with Gasteiger partial charge in [0, 0.05) is 0 Å². The Morgan fingerprint density at radius 1 is 1.67 bits per heavy atom. The van der Waals surface area contributed by atoms with E-state index in [1.165, 1.54) is 6.42 Å². The van der Waals surface area contributed by atoms with Gasteiger partial charge in [0.2, 0.25) is 0 Å². The van der Waals surface area contributed by atoms with E-state index >= 15 is 0 Å². The van der Waals surface area contributed by atoms with Gasteiger partial charge in [0.1, 0.15) is 0 Å². The van der Waals surface area contributed by atoms with E-state index in [9.17, 15) is 5.11 Å². The topological polar surface area (TPSA) is 20.2 Å². The predicted octanol–water partition coefficient (Wildman–Crippen LogP) is 2.14. The van der Waals surface area contributed by atoms with Crippen LogP contribution in [0.2, 0.25) is 0 Å². The minimum atomic E-state index is -0.0806. The van der Waals surface area contributed by atoms with Crippen LogP contribution in [0.3, 0.4) is 0 Å². The molecule has 1 unspecified atom stereocenters. The average Bonchev–Trinajstić information content (AvgIpc) is 2.56. The number of hydrogen-bond acceptors (Lipinski definition) is 1. The zero-order valence-corrected chi connectivity index (χ0v) is 7.32. The number of allylic oxidation sites excluding steroid dienone is 3. The average molecular weight is 164 g/mol. The molecule has 0 aromatic carbocycles. The highest BCUT2D eigenvalue weighted by Crippen LogP contribution is 2.55. The van der Waals surface area contributed by atoms with Crippen molar-refractivity contribution in [1.29, 1.82) is 0 Å². The van der Waals surface area contributed by atoms with Crippen LogP contribution in [0.25, 0.3) is 0 Å². The molecular formula is C11H16O. The molecule has 2 aliphatic rings. The number of fused-ring (bicyclic) bond motifs is 1. The van der Waals surface area contributed by atoms with Crippen molar-refractivity contribution in [2.75, 3.05) is 0 Å². The molecule has 1 nitrogen and oxygen atoms in total. The van der Waals surface area contributed by atoms with Crippen molar-refractivity contribution in [3.8, 4) is 0 Å². The molecule has 2 rings (SSSR count). The van der Waals surface area contributed by atoms with Crippen LogP contribution in [0, 0.1) is 17.8 Å². The standard InChI is InChI=1S/C11H16O/c1-2-3-7-10(12)11-8-5-4-6-9(8)11/h2,4-5,8-12H,1,3,6-7H2/t8-,9+,10?,11-/m0/s1. The van der Waals surface area contributed by atoms with Crippen molar-refractivity contribution in [2.45, 2.75) is 25.4 Å². The summed E-state index contributed by atoms with van der Waals surface area (Å²) in [5, 5.41) is 9.74. The Balaban J connectivity index is 1.79. The van der Waals surface area contributed by atoms with Crippen LogP contribution in [0.1, 0.15) is 19.3 Å². The van der Waals surface area contributed by atoms with Gasteiger partial charge in [-0.3, -0.25) is 0 Å². The maximum Gasteiger partial charge on any atom is 0.0580 e. The van der Waals surface area contributed by atoms with Crippen molar-refractivity contribution in [3.05, 3.63) is 24.8 Å². The normalized spacial score (nSPS) is 39.2. The van der Waals surface area contributed by atoms with E-state index in [0.29, 0.717) is 11.8 Å². The Hall–Kier alpha value is -0.560. The summed E-state index contributed by atoms with van der Waals surface area (Å²) in [5.74, 6) is 2.07. The summed E-state index contributed by atoms with van der Waals surface area (Å²) in [5.41, 5.74) is 0. The van der Waals surface area contributed by atoms with Gasteiger partial charge in [-0.2, -0.15) is 0 Å². The molecule has 1 fully saturated rings. The highest BCUT2D eigenvalue weighted by atomic mass is 16.3. The maximum atomic E-state index is 9.74. The molecule has 12 heavy (non-hydrogen) atoms. The van der Waals surface area contributed by atoms with Gasteiger partial charge in [-0.25, -0.2) is 0 Å². The fourth-order valence-electron chi connectivity index (χ4n) is 2.43. The quantitative estimate of drug-likeness (QED) is 0.631. The van der Waals surface area contributed by atoms with Gasteiger partial charge in [0.05, 0.1) is 6.10 Å². The molecule has 1 N–H and O–H groups in total. The summed E-state index contributed by atoms with van der Waals surface area (Å²) >= 11 is 0.